The number of nitrogens with zero attached hydrogens (tertiary/aromatic N) is 1. The van der Waals surface area contributed by atoms with Crippen molar-refractivity contribution in [1.82, 2.24) is 9.03 Å². The minimum absolute atomic E-state index is 0.284. The molecule has 1 saturated heterocycles. The predicted molar refractivity (Wildman–Crippen MR) is 71.4 cm³/mol. The zero-order valence-electron chi connectivity index (χ0n) is 10.9. The van der Waals surface area contributed by atoms with Crippen LogP contribution in [0.1, 0.15) is 40.0 Å². The van der Waals surface area contributed by atoms with Gasteiger partial charge in [0.15, 0.2) is 0 Å². The Morgan fingerprint density at radius 3 is 2.65 bits per heavy atom. The van der Waals surface area contributed by atoms with E-state index in [-0.39, 0.29) is 5.88 Å². The number of hydrogen-bond donors (Lipinski definition) is 1. The summed E-state index contributed by atoms with van der Waals surface area (Å²) in [6, 6.07) is 0. The van der Waals surface area contributed by atoms with Gasteiger partial charge in [0.2, 0.25) is 0 Å². The summed E-state index contributed by atoms with van der Waals surface area (Å²) in [7, 11) is -3.40. The van der Waals surface area contributed by atoms with E-state index in [0.29, 0.717) is 25.4 Å². The van der Waals surface area contributed by atoms with Gasteiger partial charge in [-0.1, -0.05) is 13.8 Å². The van der Waals surface area contributed by atoms with Crippen LogP contribution < -0.4 is 4.72 Å². The van der Waals surface area contributed by atoms with Crippen LogP contribution in [0.4, 0.5) is 0 Å². The van der Waals surface area contributed by atoms with Gasteiger partial charge in [0.25, 0.3) is 10.2 Å². The molecule has 1 fully saturated rings. The predicted octanol–water partition coefficient (Wildman–Crippen LogP) is 1.96. The zero-order chi connectivity index (χ0) is 13.1. The molecule has 1 aliphatic heterocycles. The molecule has 1 aliphatic rings. The SMILES string of the molecule is CCC(C)(CCl)NS(=O)(=O)N1CCCC(C)C1. The Morgan fingerprint density at radius 2 is 2.18 bits per heavy atom. The normalized spacial score (nSPS) is 26.7. The first-order valence-electron chi connectivity index (χ1n) is 6.18. The fourth-order valence-electron chi connectivity index (χ4n) is 1.93. The lowest BCUT2D eigenvalue weighted by molar-refractivity contribution is 0.272. The van der Waals surface area contributed by atoms with Crippen molar-refractivity contribution in [2.24, 2.45) is 5.92 Å². The topological polar surface area (TPSA) is 49.4 Å². The standard InChI is InChI=1S/C11H23ClN2O2S/c1-4-11(3,9-12)13-17(15,16)14-7-5-6-10(2)8-14/h10,13H,4-9H2,1-3H3. The van der Waals surface area contributed by atoms with Crippen LogP contribution in [-0.2, 0) is 10.2 Å². The Balaban J connectivity index is 2.74. The molecule has 2 atom stereocenters. The molecule has 4 nitrogen and oxygen atoms in total. The van der Waals surface area contributed by atoms with E-state index in [9.17, 15) is 8.42 Å². The van der Waals surface area contributed by atoms with Crippen molar-refractivity contribution >= 4 is 21.8 Å². The summed E-state index contributed by atoms with van der Waals surface area (Å²) in [5.41, 5.74) is -0.554. The number of nitrogens with one attached hydrogen (secondary N) is 1. The number of hydrogen-bond acceptors (Lipinski definition) is 2. The monoisotopic (exact) mass is 282 g/mol. The van der Waals surface area contributed by atoms with E-state index in [4.69, 9.17) is 11.6 Å². The molecule has 0 saturated carbocycles. The minimum atomic E-state index is -3.40. The molecule has 0 aromatic heterocycles. The van der Waals surface area contributed by atoms with Gasteiger partial charge in [-0.25, -0.2) is 0 Å². The minimum Gasteiger partial charge on any atom is -0.195 e. The lowest BCUT2D eigenvalue weighted by atomic mass is 10.0. The van der Waals surface area contributed by atoms with Crippen molar-refractivity contribution in [3.05, 3.63) is 0 Å². The van der Waals surface area contributed by atoms with Gasteiger partial charge in [0.1, 0.15) is 0 Å². The maximum absolute atomic E-state index is 12.2. The van der Waals surface area contributed by atoms with Crippen molar-refractivity contribution in [2.75, 3.05) is 19.0 Å². The van der Waals surface area contributed by atoms with Crippen molar-refractivity contribution in [3.63, 3.8) is 0 Å². The van der Waals surface area contributed by atoms with E-state index in [1.165, 1.54) is 0 Å². The number of piperidine rings is 1. The van der Waals surface area contributed by atoms with E-state index >= 15 is 0 Å². The Morgan fingerprint density at radius 1 is 1.53 bits per heavy atom. The van der Waals surface area contributed by atoms with Crippen LogP contribution in [-0.4, -0.2) is 37.2 Å². The molecule has 2 unspecified atom stereocenters. The van der Waals surface area contributed by atoms with Gasteiger partial charge in [0, 0.05) is 24.5 Å². The van der Waals surface area contributed by atoms with Crippen LogP contribution in [0, 0.1) is 5.92 Å². The summed E-state index contributed by atoms with van der Waals surface area (Å²) in [6.45, 7) is 7.08. The highest BCUT2D eigenvalue weighted by Gasteiger charge is 2.33. The van der Waals surface area contributed by atoms with Crippen LogP contribution in [0.3, 0.4) is 0 Å². The van der Waals surface area contributed by atoms with Gasteiger partial charge in [0.05, 0.1) is 0 Å². The third-order valence-corrected chi connectivity index (χ3v) is 5.76. The van der Waals surface area contributed by atoms with E-state index < -0.39 is 15.7 Å². The van der Waals surface area contributed by atoms with Gasteiger partial charge >= 0.3 is 0 Å². The summed E-state index contributed by atoms with van der Waals surface area (Å²) < 4.78 is 28.7. The first-order chi connectivity index (χ1) is 7.83. The van der Waals surface area contributed by atoms with Crippen molar-refractivity contribution in [2.45, 2.75) is 45.6 Å². The molecule has 0 bridgehead atoms. The summed E-state index contributed by atoms with van der Waals surface area (Å²) in [5, 5.41) is 0. The first kappa shape index (κ1) is 15.2. The third kappa shape index (κ3) is 4.09. The Kier molecular flexibility index (Phi) is 5.25. The van der Waals surface area contributed by atoms with Gasteiger partial charge in [-0.3, -0.25) is 0 Å². The smallest absolute Gasteiger partial charge is 0.195 e. The molecule has 0 aromatic carbocycles. The Labute approximate surface area is 110 Å². The molecular weight excluding hydrogens is 260 g/mol. The number of halogens is 1. The molecule has 0 aliphatic carbocycles. The molecule has 0 spiro atoms. The van der Waals surface area contributed by atoms with Crippen LogP contribution in [0.15, 0.2) is 0 Å². The molecule has 0 amide bonds. The fourth-order valence-corrected chi connectivity index (χ4v) is 4.06. The average Bonchev–Trinajstić information content (AvgIpc) is 2.28. The number of rotatable bonds is 5. The van der Waals surface area contributed by atoms with Gasteiger partial charge < -0.3 is 0 Å². The highest BCUT2D eigenvalue weighted by Crippen LogP contribution is 2.20. The Bertz CT molecular complexity index is 341. The van der Waals surface area contributed by atoms with Gasteiger partial charge in [-0.15, -0.1) is 11.6 Å². The third-order valence-electron chi connectivity index (χ3n) is 3.41. The van der Waals surface area contributed by atoms with E-state index in [2.05, 4.69) is 11.6 Å². The summed E-state index contributed by atoms with van der Waals surface area (Å²) in [6.07, 6.45) is 2.72. The van der Waals surface area contributed by atoms with E-state index in [1.54, 1.807) is 4.31 Å². The van der Waals surface area contributed by atoms with E-state index in [1.807, 2.05) is 13.8 Å². The highest BCUT2D eigenvalue weighted by molar-refractivity contribution is 7.87. The second-order valence-corrected chi connectivity index (χ2v) is 7.20. The first-order valence-corrected chi connectivity index (χ1v) is 8.15. The molecule has 1 rings (SSSR count). The summed E-state index contributed by atoms with van der Waals surface area (Å²) >= 11 is 5.84. The molecule has 17 heavy (non-hydrogen) atoms. The largest absolute Gasteiger partial charge is 0.279 e. The zero-order valence-corrected chi connectivity index (χ0v) is 12.4. The lowest BCUT2D eigenvalue weighted by Crippen LogP contribution is -2.54. The summed E-state index contributed by atoms with van der Waals surface area (Å²) in [4.78, 5) is 0. The summed E-state index contributed by atoms with van der Waals surface area (Å²) in [5.74, 6) is 0.718. The van der Waals surface area contributed by atoms with Gasteiger partial charge in [-0.05, 0) is 32.1 Å². The van der Waals surface area contributed by atoms with Crippen LogP contribution in [0.2, 0.25) is 0 Å². The molecule has 102 valence electrons. The average molecular weight is 283 g/mol. The molecule has 0 radical (unpaired) electrons. The lowest BCUT2D eigenvalue weighted by Gasteiger charge is -2.34. The molecular formula is C11H23ClN2O2S. The second kappa shape index (κ2) is 5.87. The Hall–Kier alpha value is 0.160. The molecule has 6 heteroatoms. The molecule has 0 aromatic rings. The van der Waals surface area contributed by atoms with Crippen LogP contribution >= 0.6 is 11.6 Å². The number of alkyl halides is 1. The maximum atomic E-state index is 12.2. The van der Waals surface area contributed by atoms with Crippen molar-refractivity contribution in [3.8, 4) is 0 Å². The second-order valence-electron chi connectivity index (χ2n) is 5.26. The fraction of sp³-hybridized carbons (Fsp3) is 1.00. The van der Waals surface area contributed by atoms with Gasteiger partial charge in [-0.2, -0.15) is 17.4 Å². The van der Waals surface area contributed by atoms with Crippen LogP contribution in [0.25, 0.3) is 0 Å². The maximum Gasteiger partial charge on any atom is 0.279 e. The van der Waals surface area contributed by atoms with Crippen molar-refractivity contribution in [1.29, 1.82) is 0 Å². The molecule has 1 N–H and O–H groups in total. The highest BCUT2D eigenvalue weighted by atomic mass is 35.5. The quantitative estimate of drug-likeness (QED) is 0.784. The van der Waals surface area contributed by atoms with Crippen molar-refractivity contribution < 1.29 is 8.42 Å². The molecule has 1 heterocycles. The van der Waals surface area contributed by atoms with Crippen LogP contribution in [0.5, 0.6) is 0 Å². The van der Waals surface area contributed by atoms with E-state index in [0.717, 1.165) is 12.8 Å².